The lowest BCUT2D eigenvalue weighted by Gasteiger charge is -2.07. The Kier molecular flexibility index (Phi) is 3.85. The van der Waals surface area contributed by atoms with Crippen molar-refractivity contribution < 1.29 is 28.4 Å². The van der Waals surface area contributed by atoms with Crippen molar-refractivity contribution in [2.24, 2.45) is 0 Å². The molecule has 0 bridgehead atoms. The molecule has 81 valence electrons. The van der Waals surface area contributed by atoms with Crippen LogP contribution in [0.25, 0.3) is 0 Å². The number of hydrogen-bond acceptors (Lipinski definition) is 4. The summed E-state index contributed by atoms with van der Waals surface area (Å²) >= 11 is 0. The van der Waals surface area contributed by atoms with E-state index < -0.39 is 7.82 Å². The van der Waals surface area contributed by atoms with Crippen LogP contribution in [0.3, 0.4) is 0 Å². The Morgan fingerprint density at radius 1 is 1.20 bits per heavy atom. The van der Waals surface area contributed by atoms with Crippen LogP contribution < -0.4 is 9.26 Å². The van der Waals surface area contributed by atoms with Gasteiger partial charge in [0.05, 0.1) is 0 Å². The second-order valence-electron chi connectivity index (χ2n) is 2.49. The number of hydrogen-bond donors (Lipinski definition) is 2. The van der Waals surface area contributed by atoms with E-state index in [4.69, 9.17) is 14.5 Å². The van der Waals surface area contributed by atoms with Gasteiger partial charge in [0.15, 0.2) is 6.61 Å². The predicted octanol–water partition coefficient (Wildman–Crippen LogP) is 0.647. The highest BCUT2D eigenvalue weighted by Crippen LogP contribution is 2.37. The topological polar surface area (TPSA) is 93.1 Å². The summed E-state index contributed by atoms with van der Waals surface area (Å²) in [5.74, 6) is 0.405. The molecule has 0 unspecified atom stereocenters. The first-order valence-electron chi connectivity index (χ1n) is 3.84. The summed E-state index contributed by atoms with van der Waals surface area (Å²) in [6, 6.07) is 5.48. The monoisotopic (exact) mass is 231 g/mol. The van der Waals surface area contributed by atoms with Crippen molar-refractivity contribution in [3.05, 3.63) is 24.3 Å². The predicted molar refractivity (Wildman–Crippen MR) is 50.3 cm³/mol. The van der Waals surface area contributed by atoms with Gasteiger partial charge in [0, 0.05) is 0 Å². The molecule has 0 aromatic heterocycles. The molecule has 0 atom stereocenters. The van der Waals surface area contributed by atoms with Crippen LogP contribution in [0.1, 0.15) is 0 Å². The molecule has 0 heterocycles. The molecule has 1 rings (SSSR count). The number of phosphoric acid groups is 1. The van der Waals surface area contributed by atoms with Gasteiger partial charge in [-0.3, -0.25) is 14.6 Å². The second-order valence-corrected chi connectivity index (χ2v) is 3.65. The van der Waals surface area contributed by atoms with Crippen molar-refractivity contribution in [1.82, 2.24) is 0 Å². The maximum Gasteiger partial charge on any atom is 0.524 e. The van der Waals surface area contributed by atoms with Crippen LogP contribution in [0.2, 0.25) is 0 Å². The SMILES string of the molecule is O=[C]COc1ccc(OP(=O)(O)O)cc1. The van der Waals surface area contributed by atoms with Gasteiger partial charge in [0.2, 0.25) is 6.29 Å². The van der Waals surface area contributed by atoms with E-state index in [9.17, 15) is 9.36 Å². The molecule has 0 fully saturated rings. The van der Waals surface area contributed by atoms with Gasteiger partial charge in [-0.15, -0.1) is 0 Å². The van der Waals surface area contributed by atoms with Crippen LogP contribution >= 0.6 is 7.82 Å². The van der Waals surface area contributed by atoms with E-state index >= 15 is 0 Å². The molecule has 0 amide bonds. The van der Waals surface area contributed by atoms with Gasteiger partial charge >= 0.3 is 7.82 Å². The average Bonchev–Trinajstić information content (AvgIpc) is 2.14. The largest absolute Gasteiger partial charge is 0.524 e. The highest BCUT2D eigenvalue weighted by atomic mass is 31.2. The third-order valence-electron chi connectivity index (χ3n) is 1.35. The molecule has 0 saturated heterocycles. The summed E-state index contributed by atoms with van der Waals surface area (Å²) in [5, 5.41) is 0. The number of carbonyl (C=O) groups excluding carboxylic acids is 1. The summed E-state index contributed by atoms with van der Waals surface area (Å²) < 4.78 is 19.6. The van der Waals surface area contributed by atoms with Crippen molar-refractivity contribution in [3.8, 4) is 11.5 Å². The van der Waals surface area contributed by atoms with Crippen LogP contribution in [0, 0.1) is 0 Å². The quantitative estimate of drug-likeness (QED) is 0.722. The molecule has 1 aromatic rings. The molecule has 1 radical (unpaired) electrons. The molecular formula is C8H8O6P. The van der Waals surface area contributed by atoms with E-state index in [0.717, 1.165) is 0 Å². The third kappa shape index (κ3) is 4.60. The van der Waals surface area contributed by atoms with E-state index in [1.54, 1.807) is 6.29 Å². The maximum atomic E-state index is 10.4. The Morgan fingerprint density at radius 2 is 1.73 bits per heavy atom. The normalized spacial score (nSPS) is 10.8. The summed E-state index contributed by atoms with van der Waals surface area (Å²) in [7, 11) is -4.53. The van der Waals surface area contributed by atoms with Crippen LogP contribution in [0.4, 0.5) is 0 Å². The Labute approximate surface area is 85.7 Å². The van der Waals surface area contributed by atoms with E-state index in [1.807, 2.05) is 0 Å². The summed E-state index contributed by atoms with van der Waals surface area (Å²) in [6.07, 6.45) is 1.54. The van der Waals surface area contributed by atoms with Gasteiger partial charge in [-0.25, -0.2) is 4.57 Å². The Morgan fingerprint density at radius 3 is 2.20 bits per heavy atom. The van der Waals surface area contributed by atoms with E-state index in [1.165, 1.54) is 24.3 Å². The van der Waals surface area contributed by atoms with Gasteiger partial charge in [-0.2, -0.15) is 0 Å². The zero-order chi connectivity index (χ0) is 11.3. The molecule has 15 heavy (non-hydrogen) atoms. The Bertz CT molecular complexity index is 367. The van der Waals surface area contributed by atoms with E-state index in [0.29, 0.717) is 5.75 Å². The zero-order valence-electron chi connectivity index (χ0n) is 7.49. The van der Waals surface area contributed by atoms with Crippen LogP contribution in [-0.2, 0) is 9.36 Å². The first kappa shape index (κ1) is 11.7. The first-order chi connectivity index (χ1) is 7.01. The van der Waals surface area contributed by atoms with Crippen molar-refractivity contribution in [3.63, 3.8) is 0 Å². The average molecular weight is 231 g/mol. The Balaban J connectivity index is 2.64. The minimum Gasteiger partial charge on any atom is -0.485 e. The standard InChI is InChI=1S/C8H8O6P/c9-5-6-13-7-1-3-8(4-2-7)14-15(10,11)12/h1-4H,6H2,(H2,10,11,12). The summed E-state index contributed by atoms with van der Waals surface area (Å²) in [4.78, 5) is 26.8. The molecule has 0 aliphatic heterocycles. The lowest BCUT2D eigenvalue weighted by atomic mass is 10.3. The molecule has 0 aliphatic rings. The van der Waals surface area contributed by atoms with Crippen molar-refractivity contribution >= 4 is 14.1 Å². The number of phosphoric ester groups is 1. The molecule has 0 aliphatic carbocycles. The van der Waals surface area contributed by atoms with Crippen LogP contribution in [-0.4, -0.2) is 22.7 Å². The van der Waals surface area contributed by atoms with Crippen LogP contribution in [0.5, 0.6) is 11.5 Å². The fourth-order valence-electron chi connectivity index (χ4n) is 0.847. The summed E-state index contributed by atoms with van der Waals surface area (Å²) in [6.45, 7) is -0.196. The minimum absolute atomic E-state index is 0.0192. The second kappa shape index (κ2) is 4.93. The Hall–Kier alpha value is -1.36. The highest BCUT2D eigenvalue weighted by molar-refractivity contribution is 7.46. The fourth-order valence-corrected chi connectivity index (χ4v) is 1.24. The zero-order valence-corrected chi connectivity index (χ0v) is 8.39. The van der Waals surface area contributed by atoms with Crippen molar-refractivity contribution in [2.45, 2.75) is 0 Å². The lowest BCUT2D eigenvalue weighted by Crippen LogP contribution is -1.97. The van der Waals surface area contributed by atoms with Gasteiger partial charge in [0.1, 0.15) is 11.5 Å². The lowest BCUT2D eigenvalue weighted by molar-refractivity contribution is 0.283. The van der Waals surface area contributed by atoms with Gasteiger partial charge in [-0.05, 0) is 24.3 Å². The molecule has 7 heteroatoms. The van der Waals surface area contributed by atoms with Gasteiger partial charge in [0.25, 0.3) is 0 Å². The van der Waals surface area contributed by atoms with Gasteiger partial charge in [-0.1, -0.05) is 0 Å². The molecular weight excluding hydrogens is 223 g/mol. The van der Waals surface area contributed by atoms with Crippen molar-refractivity contribution in [1.29, 1.82) is 0 Å². The molecule has 6 nitrogen and oxygen atoms in total. The molecule has 0 saturated carbocycles. The summed E-state index contributed by atoms with van der Waals surface area (Å²) in [5.41, 5.74) is 0. The highest BCUT2D eigenvalue weighted by Gasteiger charge is 2.15. The smallest absolute Gasteiger partial charge is 0.485 e. The van der Waals surface area contributed by atoms with Gasteiger partial charge < -0.3 is 9.26 Å². The maximum absolute atomic E-state index is 10.4. The molecule has 2 N–H and O–H groups in total. The van der Waals surface area contributed by atoms with Crippen molar-refractivity contribution in [2.75, 3.05) is 6.61 Å². The number of ether oxygens (including phenoxy) is 1. The van der Waals surface area contributed by atoms with E-state index in [-0.39, 0.29) is 12.4 Å². The number of benzene rings is 1. The fraction of sp³-hybridized carbons (Fsp3) is 0.125. The van der Waals surface area contributed by atoms with Crippen LogP contribution in [0.15, 0.2) is 24.3 Å². The molecule has 0 spiro atoms. The third-order valence-corrected chi connectivity index (χ3v) is 1.79. The first-order valence-corrected chi connectivity index (χ1v) is 5.37. The van der Waals surface area contributed by atoms with E-state index in [2.05, 4.69) is 4.52 Å². The molecule has 1 aromatic carbocycles. The number of rotatable bonds is 5. The minimum atomic E-state index is -4.53.